The molecule has 5 nitrogen and oxygen atoms in total. The molecule has 0 atom stereocenters. The van der Waals surface area contributed by atoms with Gasteiger partial charge in [-0.15, -0.1) is 0 Å². The minimum absolute atomic E-state index is 0.0301. The molecule has 2 rings (SSSR count). The van der Waals surface area contributed by atoms with Crippen molar-refractivity contribution in [2.75, 3.05) is 19.3 Å². The SMILES string of the molecule is CN(CC1CCC1)C(=O)c1cnn(C)c1N. The summed E-state index contributed by atoms with van der Waals surface area (Å²) < 4.78 is 1.52. The van der Waals surface area contributed by atoms with Crippen LogP contribution in [0.15, 0.2) is 6.20 Å². The Labute approximate surface area is 95.2 Å². The van der Waals surface area contributed by atoms with Crippen LogP contribution in [-0.2, 0) is 7.05 Å². The molecule has 1 amide bonds. The third kappa shape index (κ3) is 1.89. The van der Waals surface area contributed by atoms with E-state index in [0.717, 1.165) is 6.54 Å². The van der Waals surface area contributed by atoms with Crippen LogP contribution in [-0.4, -0.2) is 34.2 Å². The van der Waals surface area contributed by atoms with Gasteiger partial charge in [0.15, 0.2) is 0 Å². The molecular formula is C11H18N4O. The lowest BCUT2D eigenvalue weighted by molar-refractivity contribution is 0.0746. The first-order valence-electron chi connectivity index (χ1n) is 5.62. The third-order valence-electron chi connectivity index (χ3n) is 3.32. The van der Waals surface area contributed by atoms with Crippen molar-refractivity contribution in [3.63, 3.8) is 0 Å². The fourth-order valence-electron chi connectivity index (χ4n) is 1.96. The predicted octanol–water partition coefficient (Wildman–Crippen LogP) is 0.874. The highest BCUT2D eigenvalue weighted by Gasteiger charge is 2.23. The fraction of sp³-hybridized carbons (Fsp3) is 0.636. The molecule has 0 radical (unpaired) electrons. The number of nitrogen functional groups attached to an aromatic ring is 1. The highest BCUT2D eigenvalue weighted by atomic mass is 16.2. The number of amides is 1. The van der Waals surface area contributed by atoms with Gasteiger partial charge in [-0.3, -0.25) is 9.48 Å². The van der Waals surface area contributed by atoms with Crippen LogP contribution in [0.5, 0.6) is 0 Å². The molecule has 1 fully saturated rings. The summed E-state index contributed by atoms with van der Waals surface area (Å²) in [6.45, 7) is 0.827. The first-order valence-corrected chi connectivity index (χ1v) is 5.62. The Morgan fingerprint density at radius 1 is 1.69 bits per heavy atom. The zero-order chi connectivity index (χ0) is 11.7. The molecule has 0 spiro atoms. The van der Waals surface area contributed by atoms with Crippen LogP contribution in [0.1, 0.15) is 29.6 Å². The van der Waals surface area contributed by atoms with E-state index >= 15 is 0 Å². The summed E-state index contributed by atoms with van der Waals surface area (Å²) in [7, 11) is 3.56. The van der Waals surface area contributed by atoms with Crippen molar-refractivity contribution in [3.05, 3.63) is 11.8 Å². The van der Waals surface area contributed by atoms with Gasteiger partial charge in [0.05, 0.1) is 6.20 Å². The second-order valence-corrected chi connectivity index (χ2v) is 4.55. The zero-order valence-electron chi connectivity index (χ0n) is 9.81. The first-order chi connectivity index (χ1) is 7.59. The number of nitrogens with two attached hydrogens (primary N) is 1. The van der Waals surface area contributed by atoms with Crippen LogP contribution in [0.2, 0.25) is 0 Å². The third-order valence-corrected chi connectivity index (χ3v) is 3.32. The lowest BCUT2D eigenvalue weighted by atomic mass is 9.85. The van der Waals surface area contributed by atoms with Crippen molar-refractivity contribution in [3.8, 4) is 0 Å². The largest absolute Gasteiger partial charge is 0.383 e. The van der Waals surface area contributed by atoms with E-state index in [0.29, 0.717) is 17.3 Å². The maximum absolute atomic E-state index is 12.0. The normalized spacial score (nSPS) is 15.9. The van der Waals surface area contributed by atoms with Crippen LogP contribution < -0.4 is 5.73 Å². The second kappa shape index (κ2) is 4.15. The summed E-state index contributed by atoms with van der Waals surface area (Å²) >= 11 is 0. The molecule has 0 bridgehead atoms. The number of carbonyl (C=O) groups is 1. The minimum Gasteiger partial charge on any atom is -0.383 e. The van der Waals surface area contributed by atoms with E-state index in [1.165, 1.54) is 30.1 Å². The van der Waals surface area contributed by atoms with E-state index in [1.807, 2.05) is 7.05 Å². The van der Waals surface area contributed by atoms with Gasteiger partial charge < -0.3 is 10.6 Å². The zero-order valence-corrected chi connectivity index (χ0v) is 9.81. The van der Waals surface area contributed by atoms with E-state index in [1.54, 1.807) is 11.9 Å². The molecule has 0 aromatic carbocycles. The molecule has 0 unspecified atom stereocenters. The van der Waals surface area contributed by atoms with E-state index in [4.69, 9.17) is 5.73 Å². The molecule has 1 aromatic heterocycles. The van der Waals surface area contributed by atoms with Crippen LogP contribution in [0.4, 0.5) is 5.82 Å². The van der Waals surface area contributed by atoms with Gasteiger partial charge in [0, 0.05) is 20.6 Å². The highest BCUT2D eigenvalue weighted by Crippen LogP contribution is 2.27. The number of nitrogens with zero attached hydrogens (tertiary/aromatic N) is 3. The van der Waals surface area contributed by atoms with E-state index in [9.17, 15) is 4.79 Å². The lowest BCUT2D eigenvalue weighted by Crippen LogP contribution is -2.34. The van der Waals surface area contributed by atoms with E-state index in [-0.39, 0.29) is 5.91 Å². The average molecular weight is 222 g/mol. The number of aromatic nitrogens is 2. The summed E-state index contributed by atoms with van der Waals surface area (Å²) in [5.41, 5.74) is 6.28. The predicted molar refractivity (Wildman–Crippen MR) is 61.9 cm³/mol. The number of aryl methyl sites for hydroxylation is 1. The fourth-order valence-corrected chi connectivity index (χ4v) is 1.96. The summed E-state index contributed by atoms with van der Waals surface area (Å²) in [6, 6.07) is 0. The van der Waals surface area contributed by atoms with Crippen LogP contribution in [0.25, 0.3) is 0 Å². The van der Waals surface area contributed by atoms with Crippen LogP contribution >= 0.6 is 0 Å². The number of anilines is 1. The van der Waals surface area contributed by atoms with Gasteiger partial charge in [-0.25, -0.2) is 0 Å². The number of carbonyl (C=O) groups excluding carboxylic acids is 1. The monoisotopic (exact) mass is 222 g/mol. The standard InChI is InChI=1S/C11H18N4O/c1-14(7-8-4-3-5-8)11(16)9-6-13-15(2)10(9)12/h6,8H,3-5,7,12H2,1-2H3. The van der Waals surface area contributed by atoms with Crippen molar-refractivity contribution >= 4 is 11.7 Å². The number of hydrogen-bond donors (Lipinski definition) is 1. The van der Waals surface area contributed by atoms with Crippen molar-refractivity contribution in [1.82, 2.24) is 14.7 Å². The van der Waals surface area contributed by atoms with Gasteiger partial charge in [0.1, 0.15) is 11.4 Å². The maximum Gasteiger partial charge on any atom is 0.258 e. The molecule has 1 saturated carbocycles. The Morgan fingerprint density at radius 3 is 2.81 bits per heavy atom. The molecule has 88 valence electrons. The Balaban J connectivity index is 2.03. The Morgan fingerprint density at radius 2 is 2.38 bits per heavy atom. The van der Waals surface area contributed by atoms with Crippen LogP contribution in [0, 0.1) is 5.92 Å². The average Bonchev–Trinajstić information content (AvgIpc) is 2.52. The topological polar surface area (TPSA) is 64.2 Å². The summed E-state index contributed by atoms with van der Waals surface area (Å²) in [5.74, 6) is 1.08. The van der Waals surface area contributed by atoms with Gasteiger partial charge in [-0.1, -0.05) is 6.42 Å². The summed E-state index contributed by atoms with van der Waals surface area (Å²) in [5, 5.41) is 3.98. The summed E-state index contributed by atoms with van der Waals surface area (Å²) in [6.07, 6.45) is 5.30. The van der Waals surface area contributed by atoms with E-state index < -0.39 is 0 Å². The van der Waals surface area contributed by atoms with Crippen molar-refractivity contribution in [2.24, 2.45) is 13.0 Å². The van der Waals surface area contributed by atoms with Crippen molar-refractivity contribution in [2.45, 2.75) is 19.3 Å². The molecule has 16 heavy (non-hydrogen) atoms. The second-order valence-electron chi connectivity index (χ2n) is 4.55. The molecule has 1 heterocycles. The van der Waals surface area contributed by atoms with Gasteiger partial charge in [-0.2, -0.15) is 5.10 Å². The highest BCUT2D eigenvalue weighted by molar-refractivity contribution is 5.98. The first kappa shape index (κ1) is 11.0. The quantitative estimate of drug-likeness (QED) is 0.825. The number of rotatable bonds is 3. The molecular weight excluding hydrogens is 204 g/mol. The molecule has 1 aliphatic carbocycles. The smallest absolute Gasteiger partial charge is 0.258 e. The van der Waals surface area contributed by atoms with E-state index in [2.05, 4.69) is 5.10 Å². The van der Waals surface area contributed by atoms with Gasteiger partial charge in [0.25, 0.3) is 5.91 Å². The Hall–Kier alpha value is -1.52. The van der Waals surface area contributed by atoms with Gasteiger partial charge in [-0.05, 0) is 18.8 Å². The molecule has 2 N–H and O–H groups in total. The van der Waals surface area contributed by atoms with Crippen molar-refractivity contribution in [1.29, 1.82) is 0 Å². The summed E-state index contributed by atoms with van der Waals surface area (Å²) in [4.78, 5) is 13.8. The van der Waals surface area contributed by atoms with Gasteiger partial charge >= 0.3 is 0 Å². The molecule has 5 heteroatoms. The molecule has 0 saturated heterocycles. The van der Waals surface area contributed by atoms with Crippen molar-refractivity contribution < 1.29 is 4.79 Å². The number of hydrogen-bond acceptors (Lipinski definition) is 3. The minimum atomic E-state index is -0.0301. The Bertz CT molecular complexity index is 395. The maximum atomic E-state index is 12.0. The lowest BCUT2D eigenvalue weighted by Gasteiger charge is -2.30. The molecule has 1 aromatic rings. The molecule has 1 aliphatic rings. The molecule has 0 aliphatic heterocycles. The van der Waals surface area contributed by atoms with Crippen LogP contribution in [0.3, 0.4) is 0 Å². The van der Waals surface area contributed by atoms with Gasteiger partial charge in [0.2, 0.25) is 0 Å². The Kier molecular flexibility index (Phi) is 2.85.